The lowest BCUT2D eigenvalue weighted by Gasteiger charge is -2.38. The Morgan fingerprint density at radius 2 is 2.00 bits per heavy atom. The van der Waals surface area contributed by atoms with Crippen LogP contribution in [0.3, 0.4) is 0 Å². The molecule has 5 rings (SSSR count). The zero-order valence-corrected chi connectivity index (χ0v) is 17.7. The Hall–Kier alpha value is -2.04. The predicted octanol–water partition coefficient (Wildman–Crippen LogP) is 3.88. The quantitative estimate of drug-likeness (QED) is 0.831. The first kappa shape index (κ1) is 20.2. The minimum absolute atomic E-state index is 0. The molecule has 4 nitrogen and oxygen atoms in total. The molecule has 1 saturated heterocycles. The van der Waals surface area contributed by atoms with Crippen molar-refractivity contribution in [2.45, 2.75) is 37.6 Å². The van der Waals surface area contributed by atoms with E-state index in [9.17, 15) is 4.79 Å². The predicted molar refractivity (Wildman–Crippen MR) is 117 cm³/mol. The van der Waals surface area contributed by atoms with Gasteiger partial charge in [-0.3, -0.25) is 4.79 Å². The molecule has 3 unspecified atom stereocenters. The zero-order valence-electron chi connectivity index (χ0n) is 16.9. The van der Waals surface area contributed by atoms with E-state index in [2.05, 4.69) is 53.5 Å². The molecule has 29 heavy (non-hydrogen) atoms. The van der Waals surface area contributed by atoms with Crippen LogP contribution in [-0.4, -0.2) is 37.0 Å². The lowest BCUT2D eigenvalue weighted by Crippen LogP contribution is -2.49. The second-order valence-corrected chi connectivity index (χ2v) is 8.35. The van der Waals surface area contributed by atoms with Crippen LogP contribution >= 0.6 is 12.4 Å². The van der Waals surface area contributed by atoms with E-state index in [1.54, 1.807) is 0 Å². The largest absolute Gasteiger partial charge is 0.493 e. The standard InChI is InChI=1S/C24H28N2O2.ClH/c1-2-17-7-9-18(10-8-17)21-16-25-12-13-26(21)23(27)20-15-24(20)11-14-28-22-6-4-3-5-19(22)24;/h3-10,20-21,25H,2,11-16H2,1H3;1H. The third kappa shape index (κ3) is 3.43. The first-order valence-corrected chi connectivity index (χ1v) is 10.6. The van der Waals surface area contributed by atoms with Gasteiger partial charge in [-0.15, -0.1) is 12.4 Å². The third-order valence-electron chi connectivity index (χ3n) is 6.90. The van der Waals surface area contributed by atoms with Gasteiger partial charge in [0.2, 0.25) is 5.91 Å². The summed E-state index contributed by atoms with van der Waals surface area (Å²) < 4.78 is 5.85. The number of nitrogens with one attached hydrogen (secondary N) is 1. The van der Waals surface area contributed by atoms with Crippen molar-refractivity contribution in [2.75, 3.05) is 26.2 Å². The molecule has 2 aromatic carbocycles. The van der Waals surface area contributed by atoms with Crippen molar-refractivity contribution in [3.8, 4) is 5.75 Å². The summed E-state index contributed by atoms with van der Waals surface area (Å²) in [6.45, 7) is 5.37. The Balaban J connectivity index is 0.00000205. The summed E-state index contributed by atoms with van der Waals surface area (Å²) in [5.41, 5.74) is 3.80. The molecule has 0 radical (unpaired) electrons. The van der Waals surface area contributed by atoms with Crippen LogP contribution in [0, 0.1) is 5.92 Å². The van der Waals surface area contributed by atoms with E-state index in [-0.39, 0.29) is 29.8 Å². The maximum atomic E-state index is 13.6. The second-order valence-electron chi connectivity index (χ2n) is 8.35. The van der Waals surface area contributed by atoms with Gasteiger partial charge in [-0.1, -0.05) is 49.4 Å². The summed E-state index contributed by atoms with van der Waals surface area (Å²) in [5.74, 6) is 1.38. The highest BCUT2D eigenvalue weighted by atomic mass is 35.5. The number of fused-ring (bicyclic) bond motifs is 2. The van der Waals surface area contributed by atoms with Crippen LogP contribution in [0.5, 0.6) is 5.75 Å². The van der Waals surface area contributed by atoms with Gasteiger partial charge in [-0.05, 0) is 36.5 Å². The normalized spacial score (nSPS) is 27.6. The fraction of sp³-hybridized carbons (Fsp3) is 0.458. The molecule has 1 saturated carbocycles. The first-order chi connectivity index (χ1) is 13.7. The smallest absolute Gasteiger partial charge is 0.227 e. The number of nitrogens with zero attached hydrogens (tertiary/aromatic N) is 1. The fourth-order valence-electron chi connectivity index (χ4n) is 5.13. The van der Waals surface area contributed by atoms with Crippen molar-refractivity contribution < 1.29 is 9.53 Å². The van der Waals surface area contributed by atoms with E-state index in [0.29, 0.717) is 12.5 Å². The summed E-state index contributed by atoms with van der Waals surface area (Å²) in [6.07, 6.45) is 2.94. The van der Waals surface area contributed by atoms with Crippen LogP contribution in [0.15, 0.2) is 48.5 Å². The number of piperazine rings is 1. The number of halogens is 1. The van der Waals surface area contributed by atoms with Gasteiger partial charge < -0.3 is 15.0 Å². The van der Waals surface area contributed by atoms with Gasteiger partial charge in [0, 0.05) is 36.5 Å². The van der Waals surface area contributed by atoms with Crippen LogP contribution < -0.4 is 10.1 Å². The highest BCUT2D eigenvalue weighted by Crippen LogP contribution is 2.61. The number of hydrogen-bond donors (Lipinski definition) is 1. The number of rotatable bonds is 3. The molecule has 5 heteroatoms. The number of carbonyl (C=O) groups excluding carboxylic acids is 1. The molecule has 1 aliphatic carbocycles. The summed E-state index contributed by atoms with van der Waals surface area (Å²) in [7, 11) is 0. The number of para-hydroxylation sites is 1. The van der Waals surface area contributed by atoms with Gasteiger partial charge in [0.25, 0.3) is 0 Å². The maximum Gasteiger partial charge on any atom is 0.227 e. The molecule has 2 fully saturated rings. The molecule has 2 aliphatic heterocycles. The van der Waals surface area contributed by atoms with E-state index >= 15 is 0 Å². The van der Waals surface area contributed by atoms with E-state index in [1.165, 1.54) is 16.7 Å². The molecule has 0 aromatic heterocycles. The third-order valence-corrected chi connectivity index (χ3v) is 6.90. The van der Waals surface area contributed by atoms with Crippen molar-refractivity contribution in [1.29, 1.82) is 0 Å². The number of carbonyl (C=O) groups is 1. The molecule has 1 amide bonds. The number of aryl methyl sites for hydroxylation is 1. The Labute approximate surface area is 179 Å². The van der Waals surface area contributed by atoms with Gasteiger partial charge in [-0.2, -0.15) is 0 Å². The average Bonchev–Trinajstić information content (AvgIpc) is 3.48. The van der Waals surface area contributed by atoms with Gasteiger partial charge in [-0.25, -0.2) is 0 Å². The van der Waals surface area contributed by atoms with Crippen LogP contribution in [0.4, 0.5) is 0 Å². The van der Waals surface area contributed by atoms with Crippen molar-refractivity contribution >= 4 is 18.3 Å². The highest BCUT2D eigenvalue weighted by molar-refractivity contribution is 5.86. The minimum atomic E-state index is -0.00653. The molecule has 3 atom stereocenters. The van der Waals surface area contributed by atoms with Crippen LogP contribution in [-0.2, 0) is 16.6 Å². The Kier molecular flexibility index (Phi) is 5.58. The van der Waals surface area contributed by atoms with Crippen LogP contribution in [0.2, 0.25) is 0 Å². The number of hydrogen-bond acceptors (Lipinski definition) is 3. The molecular formula is C24H29ClN2O2. The van der Waals surface area contributed by atoms with E-state index in [4.69, 9.17) is 4.74 Å². The van der Waals surface area contributed by atoms with E-state index < -0.39 is 0 Å². The lowest BCUT2D eigenvalue weighted by molar-refractivity contribution is -0.136. The summed E-state index contributed by atoms with van der Waals surface area (Å²) in [4.78, 5) is 15.7. The second kappa shape index (κ2) is 8.00. The molecule has 2 aromatic rings. The van der Waals surface area contributed by atoms with Crippen LogP contribution in [0.25, 0.3) is 0 Å². The fourth-order valence-corrected chi connectivity index (χ4v) is 5.13. The first-order valence-electron chi connectivity index (χ1n) is 10.6. The lowest BCUT2D eigenvalue weighted by atomic mass is 9.87. The monoisotopic (exact) mass is 412 g/mol. The van der Waals surface area contributed by atoms with Gasteiger partial charge >= 0.3 is 0 Å². The van der Waals surface area contributed by atoms with Gasteiger partial charge in [0.05, 0.1) is 12.6 Å². The topological polar surface area (TPSA) is 41.6 Å². The summed E-state index contributed by atoms with van der Waals surface area (Å²) >= 11 is 0. The molecule has 154 valence electrons. The number of amides is 1. The van der Waals surface area contributed by atoms with E-state index in [1.807, 2.05) is 12.1 Å². The van der Waals surface area contributed by atoms with Crippen molar-refractivity contribution in [3.63, 3.8) is 0 Å². The van der Waals surface area contributed by atoms with Gasteiger partial charge in [0.1, 0.15) is 5.75 Å². The molecule has 3 aliphatic rings. The van der Waals surface area contributed by atoms with Crippen molar-refractivity contribution in [3.05, 3.63) is 65.2 Å². The molecule has 2 heterocycles. The summed E-state index contributed by atoms with van der Waals surface area (Å²) in [6, 6.07) is 17.2. The van der Waals surface area contributed by atoms with Crippen molar-refractivity contribution in [2.24, 2.45) is 5.92 Å². The SMILES string of the molecule is CCc1ccc(C2CNCCN2C(=O)C2CC23CCOc2ccccc23)cc1.Cl. The summed E-state index contributed by atoms with van der Waals surface area (Å²) in [5, 5.41) is 3.48. The van der Waals surface area contributed by atoms with Crippen LogP contribution in [0.1, 0.15) is 42.5 Å². The Bertz CT molecular complexity index is 885. The zero-order chi connectivity index (χ0) is 19.1. The maximum absolute atomic E-state index is 13.6. The highest BCUT2D eigenvalue weighted by Gasteiger charge is 2.62. The van der Waals surface area contributed by atoms with E-state index in [0.717, 1.165) is 44.6 Å². The number of ether oxygens (including phenoxy) is 1. The number of benzene rings is 2. The Morgan fingerprint density at radius 3 is 2.79 bits per heavy atom. The van der Waals surface area contributed by atoms with Gasteiger partial charge in [0.15, 0.2) is 0 Å². The molecule has 1 N–H and O–H groups in total. The molecule has 0 bridgehead atoms. The minimum Gasteiger partial charge on any atom is -0.493 e. The van der Waals surface area contributed by atoms with Crippen molar-refractivity contribution in [1.82, 2.24) is 10.2 Å². The molecular weight excluding hydrogens is 384 g/mol. The Morgan fingerprint density at radius 1 is 1.21 bits per heavy atom. The molecule has 1 spiro atoms. The average molecular weight is 413 g/mol.